The first-order valence-corrected chi connectivity index (χ1v) is 21.3. The highest BCUT2D eigenvalue weighted by Crippen LogP contribution is 2.37. The second kappa shape index (κ2) is 24.4. The van der Waals surface area contributed by atoms with E-state index in [0.29, 0.717) is 5.56 Å². The van der Waals surface area contributed by atoms with Gasteiger partial charge in [0.25, 0.3) is 5.91 Å². The maximum atomic E-state index is 13.9. The summed E-state index contributed by atoms with van der Waals surface area (Å²) in [6, 6.07) is -3.15. The predicted molar refractivity (Wildman–Crippen MR) is 219 cm³/mol. The molecular formula is C39H64N7O13P. The van der Waals surface area contributed by atoms with Crippen LogP contribution in [0.4, 0.5) is 0 Å². The summed E-state index contributed by atoms with van der Waals surface area (Å²) in [7, 11) is -4.88. The van der Waals surface area contributed by atoms with E-state index in [4.69, 9.17) is 21.3 Å². The summed E-state index contributed by atoms with van der Waals surface area (Å²) in [6.07, 6.45) is -0.884. The highest BCUT2D eigenvalue weighted by atomic mass is 31.2. The van der Waals surface area contributed by atoms with Crippen molar-refractivity contribution >= 4 is 55.1 Å². The van der Waals surface area contributed by atoms with Crippen LogP contribution in [-0.4, -0.2) is 103 Å². The van der Waals surface area contributed by atoms with E-state index in [2.05, 4.69) is 25.8 Å². The Morgan fingerprint density at radius 1 is 0.667 bits per heavy atom. The fourth-order valence-electron chi connectivity index (χ4n) is 6.25. The molecule has 0 saturated carbocycles. The molecule has 0 heterocycles. The molecule has 0 aliphatic carbocycles. The average Bonchev–Trinajstić information content (AvgIpc) is 3.08. The van der Waals surface area contributed by atoms with Crippen molar-refractivity contribution in [3.63, 3.8) is 0 Å². The van der Waals surface area contributed by atoms with Crippen LogP contribution in [-0.2, 0) is 49.3 Å². The Morgan fingerprint density at radius 2 is 1.10 bits per heavy atom. The number of phosphoric acid groups is 1. The molecule has 1 aromatic carbocycles. The topological polar surface area (TPSA) is 327 Å². The molecule has 1 aromatic rings. The van der Waals surface area contributed by atoms with E-state index in [1.807, 2.05) is 13.8 Å². The first kappa shape index (κ1) is 53.1. The zero-order valence-corrected chi connectivity index (χ0v) is 36.7. The monoisotopic (exact) mass is 869 g/mol. The molecule has 20 nitrogen and oxygen atoms in total. The van der Waals surface area contributed by atoms with E-state index in [0.717, 1.165) is 11.8 Å². The molecule has 0 aliphatic heterocycles. The minimum absolute atomic E-state index is 0.00278. The van der Waals surface area contributed by atoms with Gasteiger partial charge in [-0.15, -0.1) is 0 Å². The van der Waals surface area contributed by atoms with Crippen LogP contribution < -0.4 is 37.3 Å². The first-order chi connectivity index (χ1) is 27.6. The minimum atomic E-state index is -4.88. The number of nitrogens with zero attached hydrogens (tertiary/aromatic N) is 1. The van der Waals surface area contributed by atoms with Crippen LogP contribution in [0.3, 0.4) is 0 Å². The Bertz CT molecular complexity index is 1720. The molecule has 0 unspecified atom stereocenters. The fraction of sp³-hybridized carbons (Fsp3) is 0.641. The molecule has 0 radical (unpaired) electrons. The number of carboxylic acids is 1. The van der Waals surface area contributed by atoms with Gasteiger partial charge in [-0.1, -0.05) is 67.5 Å². The van der Waals surface area contributed by atoms with Gasteiger partial charge in [-0.25, -0.2) is 4.57 Å². The Kier molecular flexibility index (Phi) is 21.6. The summed E-state index contributed by atoms with van der Waals surface area (Å²) in [6.45, 7) is 15.3. The van der Waals surface area contributed by atoms with Crippen LogP contribution in [0.2, 0.25) is 0 Å². The molecule has 11 N–H and O–H groups in total. The number of imide groups is 1. The molecule has 60 heavy (non-hydrogen) atoms. The van der Waals surface area contributed by atoms with E-state index < -0.39 is 97.8 Å². The summed E-state index contributed by atoms with van der Waals surface area (Å²) >= 11 is 0. The molecule has 0 fully saturated rings. The van der Waals surface area contributed by atoms with Gasteiger partial charge in [-0.3, -0.25) is 53.0 Å². The van der Waals surface area contributed by atoms with Crippen LogP contribution in [0.5, 0.6) is 5.75 Å². The quantitative estimate of drug-likeness (QED) is 0.0616. The highest BCUT2D eigenvalue weighted by Gasteiger charge is 2.39. The van der Waals surface area contributed by atoms with Gasteiger partial charge < -0.3 is 42.4 Å². The summed E-state index contributed by atoms with van der Waals surface area (Å²) in [5.74, 6) is -8.53. The Labute approximate surface area is 350 Å². The van der Waals surface area contributed by atoms with Gasteiger partial charge in [0.05, 0.1) is 12.5 Å². The number of carboxylic acid groups (broad SMARTS) is 1. The SMILES string of the molecule is CC(=O)N(C(=O)[C@H](CC(C)C)NC(=O)[C@H](CC(C)C)NC(=O)[C@H](CC(=O)O)NC(=O)[C@H](Cc1ccc(OP(=O)(O)O)cc1)NC(=O)[C@@H](N)CC(C)C)[C@@H](CC(C)C)C(N)=O. The van der Waals surface area contributed by atoms with Crippen molar-refractivity contribution in [2.24, 2.45) is 35.1 Å². The smallest absolute Gasteiger partial charge is 0.481 e. The molecule has 0 bridgehead atoms. The largest absolute Gasteiger partial charge is 0.524 e. The minimum Gasteiger partial charge on any atom is -0.481 e. The third-order valence-electron chi connectivity index (χ3n) is 8.87. The van der Waals surface area contributed by atoms with E-state index in [1.165, 1.54) is 24.3 Å². The second-order valence-corrected chi connectivity index (χ2v) is 17.7. The molecule has 6 atom stereocenters. The van der Waals surface area contributed by atoms with Crippen molar-refractivity contribution < 1.29 is 62.3 Å². The predicted octanol–water partition coefficient (Wildman–Crippen LogP) is 0.855. The number of rotatable bonds is 25. The third kappa shape index (κ3) is 19.4. The summed E-state index contributed by atoms with van der Waals surface area (Å²) in [5.41, 5.74) is 12.0. The van der Waals surface area contributed by atoms with Crippen LogP contribution in [0, 0.1) is 23.7 Å². The Morgan fingerprint density at radius 3 is 1.55 bits per heavy atom. The number of carbonyl (C=O) groups is 8. The van der Waals surface area contributed by atoms with Crippen molar-refractivity contribution in [2.45, 2.75) is 137 Å². The van der Waals surface area contributed by atoms with Crippen molar-refractivity contribution in [1.82, 2.24) is 26.2 Å². The fourth-order valence-corrected chi connectivity index (χ4v) is 6.65. The Balaban J connectivity index is 3.52. The van der Waals surface area contributed by atoms with Crippen LogP contribution in [0.15, 0.2) is 24.3 Å². The van der Waals surface area contributed by atoms with Gasteiger partial charge in [-0.2, -0.15) is 0 Å². The zero-order valence-electron chi connectivity index (χ0n) is 35.8. The number of hydrogen-bond acceptors (Lipinski definition) is 11. The maximum absolute atomic E-state index is 13.9. The highest BCUT2D eigenvalue weighted by molar-refractivity contribution is 7.46. The standard InChI is InChI=1S/C39H64N7O13P/c1-20(2)14-27(40)35(51)42-29(18-25-10-12-26(13-11-25)59-60(56,57)58)37(53)44-30(19-33(48)49)38(54)43-28(15-21(3)4)36(52)45-31(16-22(5)6)39(55)46(24(9)47)32(34(41)50)17-23(7)8/h10-13,20-23,27-32H,14-19,40H2,1-9H3,(H2,41,50)(H,42,51)(H,43,54)(H,44,53)(H,45,52)(H,48,49)(H2,56,57,58)/t27-,28-,29-,30-,31-,32-/m0/s1. The lowest BCUT2D eigenvalue weighted by Crippen LogP contribution is -2.61. The van der Waals surface area contributed by atoms with E-state index in [9.17, 15) is 48.0 Å². The van der Waals surface area contributed by atoms with Gasteiger partial charge in [-0.05, 0) is 67.1 Å². The Hall–Kier alpha value is -4.91. The lowest BCUT2D eigenvalue weighted by molar-refractivity contribution is -0.153. The number of aliphatic carboxylic acids is 1. The number of nitrogens with two attached hydrogens (primary N) is 2. The van der Waals surface area contributed by atoms with Crippen molar-refractivity contribution in [3.05, 3.63) is 29.8 Å². The molecule has 0 aliphatic rings. The first-order valence-electron chi connectivity index (χ1n) is 19.8. The van der Waals surface area contributed by atoms with Crippen molar-refractivity contribution in [1.29, 1.82) is 0 Å². The number of primary amides is 1. The molecular weight excluding hydrogens is 805 g/mol. The van der Waals surface area contributed by atoms with Crippen LogP contribution in [0.25, 0.3) is 0 Å². The van der Waals surface area contributed by atoms with E-state index in [1.54, 1.807) is 41.5 Å². The second-order valence-electron chi connectivity index (χ2n) is 16.5. The van der Waals surface area contributed by atoms with Gasteiger partial charge in [0.2, 0.25) is 35.4 Å². The normalized spacial score (nSPS) is 14.7. The lowest BCUT2D eigenvalue weighted by atomic mass is 9.97. The molecule has 0 saturated heterocycles. The summed E-state index contributed by atoms with van der Waals surface area (Å²) < 4.78 is 15.8. The average molecular weight is 870 g/mol. The molecule has 0 spiro atoms. The van der Waals surface area contributed by atoms with Crippen molar-refractivity contribution in [3.8, 4) is 5.75 Å². The lowest BCUT2D eigenvalue weighted by Gasteiger charge is -2.33. The number of amides is 7. The summed E-state index contributed by atoms with van der Waals surface area (Å²) in [5, 5.41) is 19.7. The van der Waals surface area contributed by atoms with Crippen LogP contribution >= 0.6 is 7.82 Å². The summed E-state index contributed by atoms with van der Waals surface area (Å²) in [4.78, 5) is 125. The van der Waals surface area contributed by atoms with E-state index in [-0.39, 0.29) is 61.5 Å². The van der Waals surface area contributed by atoms with Gasteiger partial charge in [0.1, 0.15) is 36.0 Å². The number of benzene rings is 1. The molecule has 7 amide bonds. The number of nitrogens with one attached hydrogen (secondary N) is 4. The number of carbonyl (C=O) groups excluding carboxylic acids is 7. The maximum Gasteiger partial charge on any atom is 0.524 e. The van der Waals surface area contributed by atoms with Crippen molar-refractivity contribution in [2.75, 3.05) is 0 Å². The molecule has 0 aromatic heterocycles. The zero-order chi connectivity index (χ0) is 46.2. The molecule has 1 rings (SSSR count). The van der Waals surface area contributed by atoms with E-state index >= 15 is 0 Å². The number of hydrogen-bond donors (Lipinski definition) is 9. The number of phosphoric ester groups is 1. The van der Waals surface area contributed by atoms with Crippen LogP contribution in [0.1, 0.15) is 100.0 Å². The molecule has 338 valence electrons. The third-order valence-corrected chi connectivity index (χ3v) is 9.32. The van der Waals surface area contributed by atoms with Gasteiger partial charge >= 0.3 is 13.8 Å². The molecule has 21 heteroatoms. The van der Waals surface area contributed by atoms with Gasteiger partial charge in [0.15, 0.2) is 0 Å². The van der Waals surface area contributed by atoms with Gasteiger partial charge in [0, 0.05) is 13.3 Å².